The number of amides is 2. The van der Waals surface area contributed by atoms with Crippen molar-refractivity contribution in [3.63, 3.8) is 0 Å². The number of hydrogen-bond donors (Lipinski definition) is 0. The highest BCUT2D eigenvalue weighted by Crippen LogP contribution is 2.63. The summed E-state index contributed by atoms with van der Waals surface area (Å²) in [4.78, 5) is 30.4. The van der Waals surface area contributed by atoms with Crippen molar-refractivity contribution in [2.75, 3.05) is 26.2 Å². The van der Waals surface area contributed by atoms with Crippen LogP contribution in [0.25, 0.3) is 0 Å². The molecule has 2 saturated heterocycles. The van der Waals surface area contributed by atoms with Gasteiger partial charge in [0.1, 0.15) is 0 Å². The van der Waals surface area contributed by atoms with Gasteiger partial charge in [-0.2, -0.15) is 0 Å². The molecule has 0 aromatic rings. The van der Waals surface area contributed by atoms with Gasteiger partial charge in [-0.1, -0.05) is 26.7 Å². The van der Waals surface area contributed by atoms with Crippen LogP contribution in [0.1, 0.15) is 71.6 Å². The fraction of sp³-hybridized carbons (Fsp3) is 0.913. The normalized spacial score (nSPS) is 39.7. The predicted molar refractivity (Wildman–Crippen MR) is 105 cm³/mol. The van der Waals surface area contributed by atoms with Crippen LogP contribution in [0.4, 0.5) is 0 Å². The molecule has 0 bridgehead atoms. The van der Waals surface area contributed by atoms with E-state index in [1.54, 1.807) is 0 Å². The second kappa shape index (κ2) is 6.22. The van der Waals surface area contributed by atoms with Crippen LogP contribution in [0, 0.1) is 34.5 Å². The van der Waals surface area contributed by atoms with Gasteiger partial charge < -0.3 is 9.80 Å². The van der Waals surface area contributed by atoms with Crippen LogP contribution in [0.2, 0.25) is 0 Å². The molecule has 3 saturated carbocycles. The van der Waals surface area contributed by atoms with Crippen molar-refractivity contribution in [1.82, 2.24) is 9.80 Å². The summed E-state index contributed by atoms with van der Waals surface area (Å²) in [6.07, 6.45) is 11.0. The molecule has 27 heavy (non-hydrogen) atoms. The van der Waals surface area contributed by atoms with E-state index in [4.69, 9.17) is 0 Å². The van der Waals surface area contributed by atoms with Crippen LogP contribution in [0.5, 0.6) is 0 Å². The first kappa shape index (κ1) is 18.0. The van der Waals surface area contributed by atoms with Gasteiger partial charge in [-0.05, 0) is 56.3 Å². The Bertz CT molecular complexity index is 634. The minimum atomic E-state index is 0.116. The predicted octanol–water partition coefficient (Wildman–Crippen LogP) is 3.70. The topological polar surface area (TPSA) is 40.6 Å². The van der Waals surface area contributed by atoms with Crippen LogP contribution in [0.3, 0.4) is 0 Å². The molecular formula is C23H36N2O2. The van der Waals surface area contributed by atoms with Gasteiger partial charge in [0.15, 0.2) is 0 Å². The second-order valence-electron chi connectivity index (χ2n) is 11.0. The summed E-state index contributed by atoms with van der Waals surface area (Å²) in [5.74, 6) is 2.51. The van der Waals surface area contributed by atoms with E-state index in [0.717, 1.165) is 45.4 Å². The van der Waals surface area contributed by atoms with E-state index in [-0.39, 0.29) is 11.3 Å². The zero-order valence-electron chi connectivity index (χ0n) is 17.2. The van der Waals surface area contributed by atoms with Gasteiger partial charge in [-0.15, -0.1) is 0 Å². The summed E-state index contributed by atoms with van der Waals surface area (Å²) in [6.45, 7) is 8.05. The van der Waals surface area contributed by atoms with Crippen LogP contribution in [-0.2, 0) is 9.59 Å². The van der Waals surface area contributed by atoms with Gasteiger partial charge in [-0.3, -0.25) is 9.59 Å². The van der Waals surface area contributed by atoms with E-state index in [1.807, 2.05) is 0 Å². The Morgan fingerprint density at radius 2 is 1.67 bits per heavy atom. The van der Waals surface area contributed by atoms with E-state index >= 15 is 0 Å². The van der Waals surface area contributed by atoms with Crippen molar-refractivity contribution in [3.8, 4) is 0 Å². The Morgan fingerprint density at radius 1 is 1.00 bits per heavy atom. The maximum Gasteiger partial charge on any atom is 0.225 e. The third kappa shape index (κ3) is 2.93. The van der Waals surface area contributed by atoms with Crippen LogP contribution in [0.15, 0.2) is 0 Å². The highest BCUT2D eigenvalue weighted by molar-refractivity contribution is 5.82. The van der Waals surface area contributed by atoms with Gasteiger partial charge in [0.25, 0.3) is 0 Å². The molecule has 2 heterocycles. The minimum Gasteiger partial charge on any atom is -0.341 e. The SMILES string of the molecule is CCCC1CCCC1C(=O)N1C[C@@H]2CN(C(=O)C3CC4(CC4)C3)C[C@]2(C)C1. The fourth-order valence-electron chi connectivity index (χ4n) is 6.99. The molecule has 5 fully saturated rings. The molecule has 5 rings (SSSR count). The number of rotatable bonds is 4. The number of carbonyl (C=O) groups excluding carboxylic acids is 2. The molecule has 0 radical (unpaired) electrons. The van der Waals surface area contributed by atoms with E-state index in [9.17, 15) is 9.59 Å². The smallest absolute Gasteiger partial charge is 0.225 e. The Morgan fingerprint density at radius 3 is 2.26 bits per heavy atom. The van der Waals surface area contributed by atoms with Crippen LogP contribution in [-0.4, -0.2) is 47.8 Å². The average molecular weight is 373 g/mol. The summed E-state index contributed by atoms with van der Waals surface area (Å²) < 4.78 is 0. The molecule has 0 N–H and O–H groups in total. The highest BCUT2D eigenvalue weighted by Gasteiger charge is 2.58. The first-order chi connectivity index (χ1) is 12.9. The standard InChI is InChI=1S/C23H36N2O2/c1-3-5-16-6-4-7-19(16)21(27)25-13-18-12-24(14-22(18,2)15-25)20(26)17-10-23(11-17)8-9-23/h16-19H,3-15H2,1-2H3/t16?,18-,19?,22+/m0/s1. The molecular weight excluding hydrogens is 336 g/mol. The molecule has 1 spiro atoms. The molecule has 0 aromatic heterocycles. The maximum absolute atomic E-state index is 13.2. The van der Waals surface area contributed by atoms with Crippen molar-refractivity contribution in [1.29, 1.82) is 0 Å². The summed E-state index contributed by atoms with van der Waals surface area (Å²) in [5.41, 5.74) is 0.713. The van der Waals surface area contributed by atoms with Crippen molar-refractivity contribution < 1.29 is 9.59 Å². The van der Waals surface area contributed by atoms with Crippen LogP contribution >= 0.6 is 0 Å². The zero-order chi connectivity index (χ0) is 18.8. The molecule has 4 atom stereocenters. The van der Waals surface area contributed by atoms with Crippen molar-refractivity contribution in [3.05, 3.63) is 0 Å². The Kier molecular flexibility index (Phi) is 4.15. The second-order valence-corrected chi connectivity index (χ2v) is 11.0. The van der Waals surface area contributed by atoms with Gasteiger partial charge >= 0.3 is 0 Å². The van der Waals surface area contributed by atoms with E-state index in [0.29, 0.717) is 35.0 Å². The van der Waals surface area contributed by atoms with E-state index in [2.05, 4.69) is 23.6 Å². The lowest BCUT2D eigenvalue weighted by molar-refractivity contribution is -0.140. The Hall–Kier alpha value is -1.06. The van der Waals surface area contributed by atoms with Crippen molar-refractivity contribution in [2.24, 2.45) is 34.5 Å². The summed E-state index contributed by atoms with van der Waals surface area (Å²) >= 11 is 0. The lowest BCUT2D eigenvalue weighted by Gasteiger charge is -2.37. The number of likely N-dealkylation sites (tertiary alicyclic amines) is 2. The first-order valence-corrected chi connectivity index (χ1v) is 11.5. The zero-order valence-corrected chi connectivity index (χ0v) is 17.2. The molecule has 2 unspecified atom stereocenters. The summed E-state index contributed by atoms with van der Waals surface area (Å²) in [5, 5.41) is 0. The van der Waals surface area contributed by atoms with Gasteiger partial charge in [-0.25, -0.2) is 0 Å². The van der Waals surface area contributed by atoms with Crippen LogP contribution < -0.4 is 0 Å². The lowest BCUT2D eigenvalue weighted by Crippen LogP contribution is -2.44. The average Bonchev–Trinajstić information content (AvgIpc) is 3.01. The third-order valence-electron chi connectivity index (χ3n) is 8.90. The minimum absolute atomic E-state index is 0.116. The molecule has 150 valence electrons. The molecule has 5 aliphatic rings. The van der Waals surface area contributed by atoms with Gasteiger partial charge in [0.2, 0.25) is 11.8 Å². The fourth-order valence-corrected chi connectivity index (χ4v) is 6.99. The molecule has 4 nitrogen and oxygen atoms in total. The molecule has 4 heteroatoms. The first-order valence-electron chi connectivity index (χ1n) is 11.5. The molecule has 2 amide bonds. The Balaban J connectivity index is 1.19. The quantitative estimate of drug-likeness (QED) is 0.755. The van der Waals surface area contributed by atoms with E-state index < -0.39 is 0 Å². The largest absolute Gasteiger partial charge is 0.341 e. The third-order valence-corrected chi connectivity index (χ3v) is 8.90. The monoisotopic (exact) mass is 372 g/mol. The van der Waals surface area contributed by atoms with Gasteiger partial charge in [0.05, 0.1) is 0 Å². The van der Waals surface area contributed by atoms with Crippen molar-refractivity contribution in [2.45, 2.75) is 71.6 Å². The lowest BCUT2D eigenvalue weighted by atomic mass is 9.71. The number of carbonyl (C=O) groups is 2. The highest BCUT2D eigenvalue weighted by atomic mass is 16.2. The molecule has 3 aliphatic carbocycles. The molecule has 2 aliphatic heterocycles. The molecule has 0 aromatic carbocycles. The van der Waals surface area contributed by atoms with Crippen molar-refractivity contribution >= 4 is 11.8 Å². The van der Waals surface area contributed by atoms with Gasteiger partial charge in [0, 0.05) is 49.3 Å². The maximum atomic E-state index is 13.2. The summed E-state index contributed by atoms with van der Waals surface area (Å²) in [6, 6.07) is 0. The Labute approximate surface area is 164 Å². The number of hydrogen-bond acceptors (Lipinski definition) is 2. The number of nitrogens with zero attached hydrogens (tertiary/aromatic N) is 2. The number of fused-ring (bicyclic) bond motifs is 1. The van der Waals surface area contributed by atoms with E-state index in [1.165, 1.54) is 38.5 Å². The summed E-state index contributed by atoms with van der Waals surface area (Å²) in [7, 11) is 0.